The number of benzene rings is 1. The number of hydrogen-bond acceptors (Lipinski definition) is 4. The standard InChI is InChI=1S/C18H18IN3O3/c19-12-3-5-13(6-4-12)20-9-14-16(23)21-18(25)22(17(14)24)15-8-10-1-2-11(15)7-10/h3-6,9-11,14-15H,1-2,7-8H2,(H,21,23,25)/t10-,11-,14+,15+/m0/s1. The van der Waals surface area contributed by atoms with Crippen molar-refractivity contribution in [2.24, 2.45) is 22.7 Å². The van der Waals surface area contributed by atoms with E-state index in [1.807, 2.05) is 24.3 Å². The topological polar surface area (TPSA) is 78.8 Å². The van der Waals surface area contributed by atoms with Gasteiger partial charge in [-0.05, 0) is 78.0 Å². The van der Waals surface area contributed by atoms with Crippen LogP contribution in [-0.4, -0.2) is 35.0 Å². The average molecular weight is 451 g/mol. The van der Waals surface area contributed by atoms with Crippen LogP contribution >= 0.6 is 22.6 Å². The van der Waals surface area contributed by atoms with Gasteiger partial charge in [0.15, 0.2) is 5.92 Å². The van der Waals surface area contributed by atoms with Gasteiger partial charge in [-0.1, -0.05) is 6.42 Å². The molecule has 0 unspecified atom stereocenters. The van der Waals surface area contributed by atoms with E-state index in [1.54, 1.807) is 0 Å². The number of nitrogens with one attached hydrogen (secondary N) is 1. The third-order valence-electron chi connectivity index (χ3n) is 5.47. The van der Waals surface area contributed by atoms with Crippen molar-refractivity contribution in [2.45, 2.75) is 31.7 Å². The Balaban J connectivity index is 1.55. The van der Waals surface area contributed by atoms with E-state index >= 15 is 0 Å². The van der Waals surface area contributed by atoms with Crippen molar-refractivity contribution in [2.75, 3.05) is 0 Å². The van der Waals surface area contributed by atoms with Crippen LogP contribution in [0.1, 0.15) is 25.7 Å². The second kappa shape index (κ2) is 6.51. The molecule has 4 rings (SSSR count). The van der Waals surface area contributed by atoms with Crippen molar-refractivity contribution in [1.82, 2.24) is 10.2 Å². The maximum atomic E-state index is 12.8. The van der Waals surface area contributed by atoms with Gasteiger partial charge in [-0.3, -0.25) is 24.8 Å². The minimum Gasteiger partial charge on any atom is -0.277 e. The highest BCUT2D eigenvalue weighted by Crippen LogP contribution is 2.47. The lowest BCUT2D eigenvalue weighted by molar-refractivity contribution is -0.141. The van der Waals surface area contributed by atoms with Gasteiger partial charge in [0.1, 0.15) is 0 Å². The molecule has 0 radical (unpaired) electrons. The molecule has 1 aliphatic heterocycles. The van der Waals surface area contributed by atoms with Gasteiger partial charge in [-0.25, -0.2) is 4.79 Å². The second-order valence-electron chi connectivity index (χ2n) is 6.98. The number of aliphatic imine (C=N–C) groups is 1. The molecule has 0 aromatic heterocycles. The van der Waals surface area contributed by atoms with E-state index in [0.717, 1.165) is 22.8 Å². The molecule has 1 N–H and O–H groups in total. The maximum absolute atomic E-state index is 12.8. The van der Waals surface area contributed by atoms with E-state index in [0.29, 0.717) is 17.5 Å². The molecule has 1 heterocycles. The Hall–Kier alpha value is -1.77. The van der Waals surface area contributed by atoms with Gasteiger partial charge in [0.2, 0.25) is 11.8 Å². The molecule has 25 heavy (non-hydrogen) atoms. The van der Waals surface area contributed by atoms with Crippen LogP contribution in [0.4, 0.5) is 10.5 Å². The van der Waals surface area contributed by atoms with Gasteiger partial charge < -0.3 is 0 Å². The molecule has 2 aliphatic carbocycles. The van der Waals surface area contributed by atoms with Crippen LogP contribution in [0.25, 0.3) is 0 Å². The molecule has 130 valence electrons. The van der Waals surface area contributed by atoms with Crippen LogP contribution in [0.2, 0.25) is 0 Å². The number of rotatable bonds is 3. The molecule has 2 saturated carbocycles. The van der Waals surface area contributed by atoms with E-state index < -0.39 is 23.8 Å². The second-order valence-corrected chi connectivity index (χ2v) is 8.22. The molecule has 6 nitrogen and oxygen atoms in total. The summed E-state index contributed by atoms with van der Waals surface area (Å²) in [6.07, 6.45) is 5.53. The highest BCUT2D eigenvalue weighted by atomic mass is 127. The molecule has 3 fully saturated rings. The third-order valence-corrected chi connectivity index (χ3v) is 6.19. The Morgan fingerprint density at radius 3 is 2.52 bits per heavy atom. The number of hydrogen-bond donors (Lipinski definition) is 1. The molecule has 4 amide bonds. The molecule has 0 spiro atoms. The van der Waals surface area contributed by atoms with Crippen LogP contribution in [0.5, 0.6) is 0 Å². The lowest BCUT2D eigenvalue weighted by atomic mass is 9.92. The molecular weight excluding hydrogens is 433 g/mol. The lowest BCUT2D eigenvalue weighted by Gasteiger charge is -2.36. The van der Waals surface area contributed by atoms with Crippen LogP contribution in [-0.2, 0) is 9.59 Å². The van der Waals surface area contributed by atoms with Crippen LogP contribution in [0, 0.1) is 21.3 Å². The predicted molar refractivity (Wildman–Crippen MR) is 100 cm³/mol. The molecule has 1 aromatic carbocycles. The Morgan fingerprint density at radius 1 is 1.12 bits per heavy atom. The van der Waals surface area contributed by atoms with Crippen molar-refractivity contribution in [3.8, 4) is 0 Å². The number of halogens is 1. The number of carbonyl (C=O) groups excluding carboxylic acids is 3. The molecule has 1 saturated heterocycles. The van der Waals surface area contributed by atoms with E-state index in [9.17, 15) is 14.4 Å². The summed E-state index contributed by atoms with van der Waals surface area (Å²) in [5.41, 5.74) is 0.671. The number of imide groups is 2. The molecule has 4 atom stereocenters. The van der Waals surface area contributed by atoms with Crippen LogP contribution < -0.4 is 5.32 Å². The summed E-state index contributed by atoms with van der Waals surface area (Å²) in [6.45, 7) is 0. The normalized spacial score (nSPS) is 31.9. The van der Waals surface area contributed by atoms with Crippen molar-refractivity contribution >= 4 is 52.3 Å². The Bertz CT molecular complexity index is 761. The monoisotopic (exact) mass is 451 g/mol. The van der Waals surface area contributed by atoms with Gasteiger partial charge in [-0.2, -0.15) is 0 Å². The number of nitrogens with zero attached hydrogens (tertiary/aromatic N) is 2. The average Bonchev–Trinajstić information content (AvgIpc) is 3.19. The van der Waals surface area contributed by atoms with Crippen molar-refractivity contribution in [1.29, 1.82) is 0 Å². The van der Waals surface area contributed by atoms with E-state index in [1.165, 1.54) is 17.5 Å². The Morgan fingerprint density at radius 2 is 1.88 bits per heavy atom. The van der Waals surface area contributed by atoms with E-state index in [2.05, 4.69) is 32.9 Å². The first-order chi connectivity index (χ1) is 12.0. The Labute approximate surface area is 159 Å². The fraction of sp³-hybridized carbons (Fsp3) is 0.444. The summed E-state index contributed by atoms with van der Waals surface area (Å²) in [5, 5.41) is 2.33. The first-order valence-electron chi connectivity index (χ1n) is 8.50. The van der Waals surface area contributed by atoms with Gasteiger partial charge in [0.25, 0.3) is 0 Å². The molecule has 1 aromatic rings. The highest BCUT2D eigenvalue weighted by Gasteiger charge is 2.50. The zero-order valence-electron chi connectivity index (χ0n) is 13.5. The molecule has 2 bridgehead atoms. The van der Waals surface area contributed by atoms with Crippen LogP contribution in [0.15, 0.2) is 29.3 Å². The van der Waals surface area contributed by atoms with Gasteiger partial charge in [-0.15, -0.1) is 0 Å². The largest absolute Gasteiger partial charge is 0.331 e. The molecular formula is C18H18IN3O3. The zero-order valence-corrected chi connectivity index (χ0v) is 15.7. The van der Waals surface area contributed by atoms with Crippen LogP contribution in [0.3, 0.4) is 0 Å². The number of barbiturate groups is 1. The maximum Gasteiger partial charge on any atom is 0.331 e. The van der Waals surface area contributed by atoms with Crippen molar-refractivity contribution in [3.05, 3.63) is 27.8 Å². The summed E-state index contributed by atoms with van der Waals surface area (Å²) < 4.78 is 1.08. The summed E-state index contributed by atoms with van der Waals surface area (Å²) >= 11 is 2.20. The minimum absolute atomic E-state index is 0.0754. The summed E-state index contributed by atoms with van der Waals surface area (Å²) in [6, 6.07) is 6.80. The SMILES string of the molecule is O=C1NC(=O)N([C@@H]2C[C@H]3CC[C@H]2C3)C(=O)[C@@H]1C=Nc1ccc(I)cc1. The fourth-order valence-corrected chi connectivity index (χ4v) is 4.63. The van der Waals surface area contributed by atoms with E-state index in [4.69, 9.17) is 0 Å². The third kappa shape index (κ3) is 3.09. The van der Waals surface area contributed by atoms with Crippen molar-refractivity contribution in [3.63, 3.8) is 0 Å². The quantitative estimate of drug-likeness (QED) is 0.436. The number of amides is 4. The number of fused-ring (bicyclic) bond motifs is 2. The van der Waals surface area contributed by atoms with Gasteiger partial charge >= 0.3 is 6.03 Å². The lowest BCUT2D eigenvalue weighted by Crippen LogP contribution is -2.62. The molecule has 7 heteroatoms. The smallest absolute Gasteiger partial charge is 0.277 e. The fourth-order valence-electron chi connectivity index (χ4n) is 4.27. The summed E-state index contributed by atoms with van der Waals surface area (Å²) in [4.78, 5) is 42.8. The number of urea groups is 1. The first-order valence-corrected chi connectivity index (χ1v) is 9.58. The Kier molecular flexibility index (Phi) is 4.35. The summed E-state index contributed by atoms with van der Waals surface area (Å²) in [5.74, 6) is -1.10. The van der Waals surface area contributed by atoms with Gasteiger partial charge in [0, 0.05) is 15.8 Å². The minimum atomic E-state index is -1.05. The van der Waals surface area contributed by atoms with E-state index in [-0.39, 0.29) is 6.04 Å². The first kappa shape index (κ1) is 16.7. The number of carbonyl (C=O) groups is 3. The highest BCUT2D eigenvalue weighted by molar-refractivity contribution is 14.1. The molecule has 3 aliphatic rings. The van der Waals surface area contributed by atoms with Gasteiger partial charge in [0.05, 0.1) is 5.69 Å². The summed E-state index contributed by atoms with van der Waals surface area (Å²) in [7, 11) is 0. The predicted octanol–water partition coefficient (Wildman–Crippen LogP) is 2.88. The van der Waals surface area contributed by atoms with Crippen molar-refractivity contribution < 1.29 is 14.4 Å². The zero-order chi connectivity index (χ0) is 17.6.